The van der Waals surface area contributed by atoms with Crippen LogP contribution in [0, 0.1) is 0 Å². The Bertz CT molecular complexity index is 457. The molecule has 2 rings (SSSR count). The Morgan fingerprint density at radius 1 is 0.652 bits per heavy atom. The number of rotatable bonds is 3. The summed E-state index contributed by atoms with van der Waals surface area (Å²) in [6.45, 7) is 14.1. The molecule has 2 aromatic rings. The predicted molar refractivity (Wildman–Crippen MR) is 106 cm³/mol. The Kier molecular flexibility index (Phi) is 16.8. The largest absolute Gasteiger partial charge is 0.392 e. The van der Waals surface area contributed by atoms with Gasteiger partial charge in [-0.25, -0.2) is 0 Å². The van der Waals surface area contributed by atoms with Crippen LogP contribution in [0.1, 0.15) is 59.6 Å². The minimum absolute atomic E-state index is 0.0825. The Balaban J connectivity index is 0. The van der Waals surface area contributed by atoms with Gasteiger partial charge in [0.1, 0.15) is 0 Å². The lowest BCUT2D eigenvalue weighted by Gasteiger charge is -2.11. The highest BCUT2D eigenvalue weighted by Crippen LogP contribution is 2.26. The second-order valence-electron chi connectivity index (χ2n) is 4.05. The minimum atomic E-state index is 0.0825. The fourth-order valence-corrected chi connectivity index (χ4v) is 1.95. The molecule has 0 amide bonds. The van der Waals surface area contributed by atoms with Crippen molar-refractivity contribution in [1.29, 1.82) is 0 Å². The van der Waals surface area contributed by atoms with E-state index >= 15 is 0 Å². The van der Waals surface area contributed by atoms with Crippen LogP contribution in [0.4, 0.5) is 0 Å². The van der Waals surface area contributed by atoms with Crippen LogP contribution in [0.15, 0.2) is 66.2 Å². The third kappa shape index (κ3) is 8.37. The number of hydrogen-bond acceptors (Lipinski definition) is 1. The minimum Gasteiger partial charge on any atom is -0.392 e. The van der Waals surface area contributed by atoms with Crippen molar-refractivity contribution in [2.45, 2.75) is 48.5 Å². The van der Waals surface area contributed by atoms with Crippen LogP contribution in [0.2, 0.25) is 0 Å². The fraction of sp³-hybridized carbons (Fsp3) is 0.364. The standard InChI is InChI=1S/C16H16O.3C2H6/c1-13(12-17)16(14-8-4-2-5-9-14)15-10-6-3-7-11-15;3*1-2/h2-11,17H,12H2,1H3;3*1-2H3. The molecule has 0 aliphatic carbocycles. The molecule has 0 aliphatic heterocycles. The molecule has 0 saturated heterocycles. The molecule has 2 aromatic carbocycles. The molecule has 128 valence electrons. The summed E-state index contributed by atoms with van der Waals surface area (Å²) in [5.41, 5.74) is 4.40. The SMILES string of the molecule is CC.CC.CC.CC(CO)=C(c1ccccc1)c1ccccc1. The van der Waals surface area contributed by atoms with E-state index in [-0.39, 0.29) is 6.61 Å². The highest BCUT2D eigenvalue weighted by atomic mass is 16.3. The van der Waals surface area contributed by atoms with Gasteiger partial charge in [-0.2, -0.15) is 0 Å². The van der Waals surface area contributed by atoms with Gasteiger partial charge >= 0.3 is 0 Å². The van der Waals surface area contributed by atoms with Crippen LogP contribution in [0.25, 0.3) is 5.57 Å². The lowest BCUT2D eigenvalue weighted by Crippen LogP contribution is -1.95. The average molecular weight is 315 g/mol. The van der Waals surface area contributed by atoms with Crippen molar-refractivity contribution in [3.8, 4) is 0 Å². The smallest absolute Gasteiger partial charge is 0.0648 e. The van der Waals surface area contributed by atoms with Gasteiger partial charge < -0.3 is 5.11 Å². The van der Waals surface area contributed by atoms with Crippen LogP contribution in [-0.2, 0) is 0 Å². The first kappa shape index (κ1) is 23.4. The van der Waals surface area contributed by atoms with E-state index in [0.29, 0.717) is 0 Å². The highest BCUT2D eigenvalue weighted by Gasteiger charge is 2.07. The van der Waals surface area contributed by atoms with Crippen molar-refractivity contribution in [3.05, 3.63) is 77.4 Å². The van der Waals surface area contributed by atoms with E-state index in [1.165, 1.54) is 0 Å². The second-order valence-corrected chi connectivity index (χ2v) is 4.05. The van der Waals surface area contributed by atoms with Gasteiger partial charge in [-0.3, -0.25) is 0 Å². The Labute approximate surface area is 143 Å². The van der Waals surface area contributed by atoms with Gasteiger partial charge in [0, 0.05) is 0 Å². The monoisotopic (exact) mass is 314 g/mol. The Morgan fingerprint density at radius 3 is 1.22 bits per heavy atom. The first-order valence-electron chi connectivity index (χ1n) is 8.74. The van der Waals surface area contributed by atoms with Crippen molar-refractivity contribution in [2.75, 3.05) is 6.61 Å². The van der Waals surface area contributed by atoms with Crippen LogP contribution in [0.5, 0.6) is 0 Å². The molecule has 23 heavy (non-hydrogen) atoms. The maximum Gasteiger partial charge on any atom is 0.0648 e. The van der Waals surface area contributed by atoms with Crippen LogP contribution >= 0.6 is 0 Å². The maximum atomic E-state index is 9.37. The summed E-state index contributed by atoms with van der Waals surface area (Å²) in [5.74, 6) is 0. The van der Waals surface area contributed by atoms with E-state index in [0.717, 1.165) is 22.3 Å². The van der Waals surface area contributed by atoms with Crippen molar-refractivity contribution in [2.24, 2.45) is 0 Å². The Hall–Kier alpha value is -1.86. The molecular formula is C22H34O. The van der Waals surface area contributed by atoms with Gasteiger partial charge in [0.05, 0.1) is 6.61 Å². The summed E-state index contributed by atoms with van der Waals surface area (Å²) in [4.78, 5) is 0. The first-order valence-corrected chi connectivity index (χ1v) is 8.74. The van der Waals surface area contributed by atoms with Crippen molar-refractivity contribution < 1.29 is 5.11 Å². The van der Waals surface area contributed by atoms with Gasteiger partial charge in [-0.15, -0.1) is 0 Å². The van der Waals surface area contributed by atoms with Crippen LogP contribution in [-0.4, -0.2) is 11.7 Å². The van der Waals surface area contributed by atoms with Gasteiger partial charge in [0.15, 0.2) is 0 Å². The molecule has 1 nitrogen and oxygen atoms in total. The van der Waals surface area contributed by atoms with Crippen molar-refractivity contribution in [1.82, 2.24) is 0 Å². The fourth-order valence-electron chi connectivity index (χ4n) is 1.95. The molecule has 0 saturated carbocycles. The lowest BCUT2D eigenvalue weighted by molar-refractivity contribution is 0.332. The molecular weight excluding hydrogens is 280 g/mol. The van der Waals surface area contributed by atoms with E-state index in [2.05, 4.69) is 24.3 Å². The quantitative estimate of drug-likeness (QED) is 0.678. The zero-order valence-electron chi connectivity index (χ0n) is 15.9. The van der Waals surface area contributed by atoms with E-state index < -0.39 is 0 Å². The number of aliphatic hydroxyl groups is 1. The van der Waals surface area contributed by atoms with Gasteiger partial charge in [-0.1, -0.05) is 102 Å². The maximum absolute atomic E-state index is 9.37. The van der Waals surface area contributed by atoms with E-state index in [1.807, 2.05) is 84.9 Å². The summed E-state index contributed by atoms with van der Waals surface area (Å²) < 4.78 is 0. The molecule has 0 unspecified atom stereocenters. The number of benzene rings is 2. The topological polar surface area (TPSA) is 20.2 Å². The molecule has 0 spiro atoms. The van der Waals surface area contributed by atoms with Crippen LogP contribution < -0.4 is 0 Å². The number of hydrogen-bond donors (Lipinski definition) is 1. The zero-order chi connectivity index (χ0) is 18.1. The lowest BCUT2D eigenvalue weighted by atomic mass is 9.94. The molecule has 0 fully saturated rings. The summed E-state index contributed by atoms with van der Waals surface area (Å²) in [6, 6.07) is 20.4. The average Bonchev–Trinajstić information content (AvgIpc) is 2.68. The number of aliphatic hydroxyl groups excluding tert-OH is 1. The summed E-state index contributed by atoms with van der Waals surface area (Å²) in [7, 11) is 0. The van der Waals surface area contributed by atoms with E-state index in [1.54, 1.807) is 0 Å². The molecule has 0 radical (unpaired) electrons. The van der Waals surface area contributed by atoms with Gasteiger partial charge in [0.2, 0.25) is 0 Å². The van der Waals surface area contributed by atoms with Gasteiger partial charge in [-0.05, 0) is 29.2 Å². The third-order valence-corrected chi connectivity index (χ3v) is 2.79. The molecule has 0 heterocycles. The van der Waals surface area contributed by atoms with Crippen molar-refractivity contribution in [3.63, 3.8) is 0 Å². The Morgan fingerprint density at radius 2 is 0.957 bits per heavy atom. The van der Waals surface area contributed by atoms with E-state index in [4.69, 9.17) is 0 Å². The summed E-state index contributed by atoms with van der Waals surface area (Å²) in [6.07, 6.45) is 0. The first-order chi connectivity index (χ1) is 11.3. The zero-order valence-corrected chi connectivity index (χ0v) is 15.9. The molecule has 0 aliphatic rings. The molecule has 0 aromatic heterocycles. The third-order valence-electron chi connectivity index (χ3n) is 2.79. The van der Waals surface area contributed by atoms with Crippen LogP contribution in [0.3, 0.4) is 0 Å². The van der Waals surface area contributed by atoms with Gasteiger partial charge in [0.25, 0.3) is 0 Å². The second kappa shape index (κ2) is 16.5. The summed E-state index contributed by atoms with van der Waals surface area (Å²) >= 11 is 0. The molecule has 1 N–H and O–H groups in total. The summed E-state index contributed by atoms with van der Waals surface area (Å²) in [5, 5.41) is 9.37. The van der Waals surface area contributed by atoms with Crippen molar-refractivity contribution >= 4 is 5.57 Å². The highest BCUT2D eigenvalue weighted by molar-refractivity contribution is 5.81. The molecule has 1 heteroatoms. The normalized spacial score (nSPS) is 8.17. The predicted octanol–water partition coefficient (Wildman–Crippen LogP) is 6.58. The molecule has 0 bridgehead atoms. The van der Waals surface area contributed by atoms with E-state index in [9.17, 15) is 5.11 Å². The molecule has 0 atom stereocenters.